The molecule has 100 valence electrons. The molecule has 0 aromatic rings. The molecule has 3 aliphatic rings. The van der Waals surface area contributed by atoms with E-state index >= 15 is 0 Å². The van der Waals surface area contributed by atoms with Crippen molar-refractivity contribution in [1.82, 2.24) is 0 Å². The fourth-order valence-corrected chi connectivity index (χ4v) is 3.76. The van der Waals surface area contributed by atoms with E-state index in [1.807, 2.05) is 0 Å². The Morgan fingerprint density at radius 2 is 2.28 bits per heavy atom. The number of aliphatic hydroxyl groups is 1. The summed E-state index contributed by atoms with van der Waals surface area (Å²) in [4.78, 5) is 11.1. The zero-order chi connectivity index (χ0) is 13.0. The van der Waals surface area contributed by atoms with Crippen molar-refractivity contribution in [2.24, 2.45) is 17.3 Å². The first kappa shape index (κ1) is 12.4. The summed E-state index contributed by atoms with van der Waals surface area (Å²) in [5.41, 5.74) is 0.913. The Bertz CT molecular complexity index is 403. The van der Waals surface area contributed by atoms with E-state index in [0.29, 0.717) is 17.9 Å². The molecule has 3 nitrogen and oxygen atoms in total. The van der Waals surface area contributed by atoms with Gasteiger partial charge in [0.05, 0.1) is 11.7 Å². The first-order valence-corrected chi connectivity index (χ1v) is 6.98. The highest BCUT2D eigenvalue weighted by Crippen LogP contribution is 2.63. The third-order valence-electron chi connectivity index (χ3n) is 5.50. The number of rotatable bonds is 2. The summed E-state index contributed by atoms with van der Waals surface area (Å²) in [5.74, 6) is 0.888. The van der Waals surface area contributed by atoms with Crippen LogP contribution in [0, 0.1) is 17.3 Å². The Balaban J connectivity index is 1.82. The average Bonchev–Trinajstić information content (AvgIpc) is 3.19. The Labute approximate surface area is 108 Å². The van der Waals surface area contributed by atoms with Crippen LogP contribution in [0.25, 0.3) is 0 Å². The number of allylic oxidation sites excluding steroid dienone is 2. The standard InChI is InChI=1S/C15H22O3/c1-14(9-17)11-5-6-15(2)13(18-15)4-3-10(8-16)7-12(11)14/h7-8,11-13,17H,3-6,9H2,1-2H3. The zero-order valence-electron chi connectivity index (χ0n) is 11.2. The van der Waals surface area contributed by atoms with Crippen molar-refractivity contribution in [3.05, 3.63) is 11.6 Å². The van der Waals surface area contributed by atoms with Gasteiger partial charge in [-0.3, -0.25) is 4.79 Å². The Morgan fingerprint density at radius 1 is 1.50 bits per heavy atom. The zero-order valence-corrected chi connectivity index (χ0v) is 11.2. The molecule has 1 heterocycles. The minimum Gasteiger partial charge on any atom is -0.396 e. The van der Waals surface area contributed by atoms with Crippen LogP contribution in [0.4, 0.5) is 0 Å². The molecule has 0 amide bonds. The monoisotopic (exact) mass is 250 g/mol. The number of aliphatic hydroxyl groups excluding tert-OH is 1. The number of epoxide rings is 1. The van der Waals surface area contributed by atoms with Gasteiger partial charge in [-0.2, -0.15) is 0 Å². The van der Waals surface area contributed by atoms with E-state index in [2.05, 4.69) is 19.9 Å². The van der Waals surface area contributed by atoms with Gasteiger partial charge >= 0.3 is 0 Å². The van der Waals surface area contributed by atoms with Gasteiger partial charge < -0.3 is 9.84 Å². The lowest BCUT2D eigenvalue weighted by atomic mass is 9.93. The molecule has 2 fully saturated rings. The van der Waals surface area contributed by atoms with Crippen LogP contribution in [-0.2, 0) is 9.53 Å². The number of ether oxygens (including phenoxy) is 1. The quantitative estimate of drug-likeness (QED) is 0.603. The van der Waals surface area contributed by atoms with E-state index in [9.17, 15) is 9.90 Å². The lowest BCUT2D eigenvalue weighted by molar-refractivity contribution is -0.105. The molecular formula is C15H22O3. The molecule has 0 spiro atoms. The first-order valence-electron chi connectivity index (χ1n) is 6.98. The summed E-state index contributed by atoms with van der Waals surface area (Å²) in [6.07, 6.45) is 7.36. The van der Waals surface area contributed by atoms with E-state index in [0.717, 1.165) is 37.5 Å². The summed E-state index contributed by atoms with van der Waals surface area (Å²) >= 11 is 0. The van der Waals surface area contributed by atoms with Crippen LogP contribution in [0.5, 0.6) is 0 Å². The van der Waals surface area contributed by atoms with Crippen LogP contribution in [-0.4, -0.2) is 29.7 Å². The maximum Gasteiger partial charge on any atom is 0.145 e. The molecule has 2 aliphatic carbocycles. The topological polar surface area (TPSA) is 49.8 Å². The fourth-order valence-electron chi connectivity index (χ4n) is 3.76. The Hall–Kier alpha value is -0.670. The minimum atomic E-state index is -0.0145. The predicted octanol–water partition coefficient (Wildman–Crippen LogP) is 2.09. The molecule has 1 aliphatic heterocycles. The van der Waals surface area contributed by atoms with E-state index in [1.165, 1.54) is 0 Å². The second-order valence-electron chi connectivity index (χ2n) is 6.65. The molecule has 0 aromatic heterocycles. The van der Waals surface area contributed by atoms with Crippen LogP contribution in [0.15, 0.2) is 11.6 Å². The Morgan fingerprint density at radius 3 is 2.94 bits per heavy atom. The summed E-state index contributed by atoms with van der Waals surface area (Å²) in [7, 11) is 0. The third kappa shape index (κ3) is 1.76. The van der Waals surface area contributed by atoms with Crippen LogP contribution >= 0.6 is 0 Å². The number of fused-ring (bicyclic) bond motifs is 2. The number of aldehydes is 1. The molecule has 5 unspecified atom stereocenters. The second kappa shape index (κ2) is 3.91. The minimum absolute atomic E-state index is 0.0145. The van der Waals surface area contributed by atoms with Gasteiger partial charge in [-0.15, -0.1) is 0 Å². The molecule has 0 bridgehead atoms. The van der Waals surface area contributed by atoms with E-state index in [1.54, 1.807) is 0 Å². The molecular weight excluding hydrogens is 228 g/mol. The lowest BCUT2D eigenvalue weighted by Gasteiger charge is -2.09. The summed E-state index contributed by atoms with van der Waals surface area (Å²) in [6.45, 7) is 4.52. The third-order valence-corrected chi connectivity index (χ3v) is 5.50. The largest absolute Gasteiger partial charge is 0.396 e. The second-order valence-corrected chi connectivity index (χ2v) is 6.65. The van der Waals surface area contributed by atoms with E-state index in [4.69, 9.17) is 4.74 Å². The molecule has 1 saturated heterocycles. The van der Waals surface area contributed by atoms with Crippen LogP contribution in [0.2, 0.25) is 0 Å². The molecule has 0 aromatic carbocycles. The summed E-state index contributed by atoms with van der Waals surface area (Å²) in [6, 6.07) is 0. The van der Waals surface area contributed by atoms with E-state index in [-0.39, 0.29) is 17.6 Å². The summed E-state index contributed by atoms with van der Waals surface area (Å²) < 4.78 is 5.79. The molecule has 0 radical (unpaired) electrons. The van der Waals surface area contributed by atoms with Gasteiger partial charge in [0.25, 0.3) is 0 Å². The van der Waals surface area contributed by atoms with Crippen molar-refractivity contribution in [1.29, 1.82) is 0 Å². The maximum atomic E-state index is 11.1. The van der Waals surface area contributed by atoms with Crippen molar-refractivity contribution in [2.75, 3.05) is 6.61 Å². The van der Waals surface area contributed by atoms with Gasteiger partial charge in [0.15, 0.2) is 0 Å². The van der Waals surface area contributed by atoms with Crippen LogP contribution < -0.4 is 0 Å². The van der Waals surface area contributed by atoms with Gasteiger partial charge in [0.2, 0.25) is 0 Å². The predicted molar refractivity (Wildman–Crippen MR) is 68.1 cm³/mol. The molecule has 1 saturated carbocycles. The Kier molecular flexibility index (Phi) is 2.69. The molecule has 5 atom stereocenters. The van der Waals surface area contributed by atoms with Gasteiger partial charge in [0.1, 0.15) is 6.29 Å². The van der Waals surface area contributed by atoms with Crippen LogP contribution in [0.3, 0.4) is 0 Å². The number of carbonyl (C=O) groups is 1. The first-order chi connectivity index (χ1) is 8.53. The van der Waals surface area contributed by atoms with Crippen molar-refractivity contribution >= 4 is 6.29 Å². The number of hydrogen-bond donors (Lipinski definition) is 1. The van der Waals surface area contributed by atoms with Crippen molar-refractivity contribution in [3.63, 3.8) is 0 Å². The highest BCUT2D eigenvalue weighted by molar-refractivity contribution is 5.73. The number of hydrogen-bond acceptors (Lipinski definition) is 3. The summed E-state index contributed by atoms with van der Waals surface area (Å²) in [5, 5.41) is 9.57. The van der Waals surface area contributed by atoms with Gasteiger partial charge in [0, 0.05) is 12.0 Å². The van der Waals surface area contributed by atoms with Crippen molar-refractivity contribution in [3.8, 4) is 0 Å². The molecule has 18 heavy (non-hydrogen) atoms. The normalized spacial score (nSPS) is 50.6. The highest BCUT2D eigenvalue weighted by Gasteiger charge is 2.61. The highest BCUT2D eigenvalue weighted by atomic mass is 16.6. The van der Waals surface area contributed by atoms with Crippen molar-refractivity contribution in [2.45, 2.75) is 51.2 Å². The fraction of sp³-hybridized carbons (Fsp3) is 0.800. The SMILES string of the molecule is CC12CCC3C(C=C(C=O)CCC1O2)C3(C)CO. The number of carbonyl (C=O) groups excluding carboxylic acids is 1. The molecule has 3 rings (SSSR count). The van der Waals surface area contributed by atoms with E-state index < -0.39 is 0 Å². The molecule has 1 N–H and O–H groups in total. The van der Waals surface area contributed by atoms with Crippen molar-refractivity contribution < 1.29 is 14.6 Å². The van der Waals surface area contributed by atoms with Crippen LogP contribution in [0.1, 0.15) is 39.5 Å². The smallest absolute Gasteiger partial charge is 0.145 e. The maximum absolute atomic E-state index is 11.1. The van der Waals surface area contributed by atoms with Gasteiger partial charge in [-0.25, -0.2) is 0 Å². The van der Waals surface area contributed by atoms with Gasteiger partial charge in [-0.05, 0) is 50.0 Å². The lowest BCUT2D eigenvalue weighted by Crippen LogP contribution is -2.12. The molecule has 3 heteroatoms. The average molecular weight is 250 g/mol. The van der Waals surface area contributed by atoms with Gasteiger partial charge in [-0.1, -0.05) is 13.0 Å².